The molecular weight excluding hydrogens is 460 g/mol. The van der Waals surface area contributed by atoms with E-state index in [1.54, 1.807) is 0 Å². The van der Waals surface area contributed by atoms with Gasteiger partial charge >= 0.3 is 0 Å². The first kappa shape index (κ1) is 22.9. The lowest BCUT2D eigenvalue weighted by Crippen LogP contribution is -2.02. The Morgan fingerprint density at radius 2 is 0.919 bits per heavy atom. The van der Waals surface area contributed by atoms with Gasteiger partial charge in [-0.1, -0.05) is 48.5 Å². The van der Waals surface area contributed by atoms with E-state index in [9.17, 15) is 0 Å². The van der Waals surface area contributed by atoms with E-state index in [1.165, 1.54) is 0 Å². The standard InChI is InChI=1S/C31H28N4O2/c1(10-20-36-28-18-8-2-12-22(28)30-32-24-14-4-5-15-25(24)33-30)11-21-37-29-19-9-3-13-23(29)31-34-26-16-6-7-17-27(26)35-31/h2-9,12-19H,1,10-11,20-21H2,(H,32,33)(H,34,35). The number of imidazole rings is 2. The summed E-state index contributed by atoms with van der Waals surface area (Å²) in [6.07, 6.45) is 2.91. The quantitative estimate of drug-likeness (QED) is 0.197. The van der Waals surface area contributed by atoms with Crippen molar-refractivity contribution in [1.29, 1.82) is 0 Å². The lowest BCUT2D eigenvalue weighted by Gasteiger charge is -2.11. The maximum atomic E-state index is 6.14. The van der Waals surface area contributed by atoms with Crippen LogP contribution in [0.15, 0.2) is 97.1 Å². The molecule has 6 nitrogen and oxygen atoms in total. The highest BCUT2D eigenvalue weighted by Crippen LogP contribution is 2.31. The lowest BCUT2D eigenvalue weighted by atomic mass is 10.2. The van der Waals surface area contributed by atoms with Crippen molar-refractivity contribution in [2.75, 3.05) is 13.2 Å². The van der Waals surface area contributed by atoms with E-state index in [0.717, 1.165) is 75.6 Å². The van der Waals surface area contributed by atoms with Gasteiger partial charge in [-0.2, -0.15) is 0 Å². The van der Waals surface area contributed by atoms with E-state index in [0.29, 0.717) is 13.2 Å². The van der Waals surface area contributed by atoms with Crippen LogP contribution in [0.5, 0.6) is 11.5 Å². The molecule has 0 aliphatic carbocycles. The Bertz CT molecular complexity index is 1450. The number of nitrogens with zero attached hydrogens (tertiary/aromatic N) is 2. The Labute approximate surface area is 215 Å². The number of aromatic amines is 2. The normalized spacial score (nSPS) is 11.2. The number of hydrogen-bond donors (Lipinski definition) is 2. The second-order valence-corrected chi connectivity index (χ2v) is 8.96. The number of nitrogens with one attached hydrogen (secondary N) is 2. The minimum atomic E-state index is 0.646. The van der Waals surface area contributed by atoms with Crippen LogP contribution in [-0.4, -0.2) is 33.1 Å². The molecule has 0 spiro atoms. The van der Waals surface area contributed by atoms with Crippen molar-refractivity contribution in [2.45, 2.75) is 19.3 Å². The molecular formula is C31H28N4O2. The molecule has 0 bridgehead atoms. The van der Waals surface area contributed by atoms with Crippen LogP contribution in [0.1, 0.15) is 19.3 Å². The Morgan fingerprint density at radius 1 is 0.486 bits per heavy atom. The number of rotatable bonds is 10. The topological polar surface area (TPSA) is 75.8 Å². The van der Waals surface area contributed by atoms with E-state index < -0.39 is 0 Å². The highest BCUT2D eigenvalue weighted by molar-refractivity contribution is 5.81. The van der Waals surface area contributed by atoms with Gasteiger partial charge in [0.1, 0.15) is 23.1 Å². The van der Waals surface area contributed by atoms with Gasteiger partial charge in [0.2, 0.25) is 0 Å². The van der Waals surface area contributed by atoms with Gasteiger partial charge in [0, 0.05) is 0 Å². The summed E-state index contributed by atoms with van der Waals surface area (Å²) >= 11 is 0. The highest BCUT2D eigenvalue weighted by Gasteiger charge is 2.12. The van der Waals surface area contributed by atoms with Crippen LogP contribution in [-0.2, 0) is 0 Å². The fourth-order valence-corrected chi connectivity index (χ4v) is 4.48. The SMILES string of the molecule is c1ccc(-c2nc3ccccc3[nH]2)c(OCCCCCOc2ccccc2-c2nc3ccccc3[nH]2)c1. The van der Waals surface area contributed by atoms with Crippen LogP contribution in [0.2, 0.25) is 0 Å². The number of ether oxygens (including phenoxy) is 2. The number of H-pyrrole nitrogens is 2. The lowest BCUT2D eigenvalue weighted by molar-refractivity contribution is 0.280. The zero-order valence-corrected chi connectivity index (χ0v) is 20.5. The number of hydrogen-bond acceptors (Lipinski definition) is 4. The molecule has 2 aromatic heterocycles. The van der Waals surface area contributed by atoms with Crippen molar-refractivity contribution in [3.8, 4) is 34.3 Å². The summed E-state index contributed by atoms with van der Waals surface area (Å²) in [5.41, 5.74) is 5.90. The number of para-hydroxylation sites is 6. The molecule has 0 atom stereocenters. The second kappa shape index (κ2) is 10.6. The van der Waals surface area contributed by atoms with E-state index >= 15 is 0 Å². The molecule has 0 saturated carbocycles. The van der Waals surface area contributed by atoms with Crippen LogP contribution in [0.4, 0.5) is 0 Å². The largest absolute Gasteiger partial charge is 0.493 e. The zero-order chi connectivity index (χ0) is 24.9. The van der Waals surface area contributed by atoms with Gasteiger partial charge in [-0.05, 0) is 67.8 Å². The predicted octanol–water partition coefficient (Wildman–Crippen LogP) is 7.40. The molecule has 37 heavy (non-hydrogen) atoms. The third-order valence-corrected chi connectivity index (χ3v) is 6.37. The molecule has 2 heterocycles. The average Bonchev–Trinajstić information content (AvgIpc) is 3.57. The molecule has 0 fully saturated rings. The van der Waals surface area contributed by atoms with Gasteiger partial charge in [-0.25, -0.2) is 9.97 Å². The predicted molar refractivity (Wildman–Crippen MR) is 148 cm³/mol. The number of fused-ring (bicyclic) bond motifs is 2. The molecule has 2 N–H and O–H groups in total. The molecule has 0 unspecified atom stereocenters. The van der Waals surface area contributed by atoms with Gasteiger partial charge in [0.15, 0.2) is 0 Å². The molecule has 184 valence electrons. The van der Waals surface area contributed by atoms with Gasteiger partial charge < -0.3 is 19.4 Å². The van der Waals surface area contributed by atoms with Crippen molar-refractivity contribution in [3.63, 3.8) is 0 Å². The van der Waals surface area contributed by atoms with E-state index in [2.05, 4.69) is 9.97 Å². The first-order chi connectivity index (χ1) is 18.3. The van der Waals surface area contributed by atoms with Crippen molar-refractivity contribution in [2.24, 2.45) is 0 Å². The molecule has 0 radical (unpaired) electrons. The van der Waals surface area contributed by atoms with Crippen LogP contribution in [0.25, 0.3) is 44.8 Å². The van der Waals surface area contributed by atoms with Gasteiger partial charge in [-0.15, -0.1) is 0 Å². The van der Waals surface area contributed by atoms with Crippen molar-refractivity contribution in [1.82, 2.24) is 19.9 Å². The average molecular weight is 489 g/mol. The van der Waals surface area contributed by atoms with Gasteiger partial charge in [-0.3, -0.25) is 0 Å². The summed E-state index contributed by atoms with van der Waals surface area (Å²) in [5.74, 6) is 3.34. The molecule has 0 aliphatic rings. The Hall–Kier alpha value is -4.58. The summed E-state index contributed by atoms with van der Waals surface area (Å²) in [6.45, 7) is 1.29. The summed E-state index contributed by atoms with van der Waals surface area (Å²) in [4.78, 5) is 16.2. The van der Waals surface area contributed by atoms with Crippen molar-refractivity contribution in [3.05, 3.63) is 97.1 Å². The Morgan fingerprint density at radius 3 is 1.41 bits per heavy atom. The van der Waals surface area contributed by atoms with Crippen LogP contribution in [0.3, 0.4) is 0 Å². The first-order valence-corrected chi connectivity index (χ1v) is 12.7. The van der Waals surface area contributed by atoms with E-state index in [-0.39, 0.29) is 0 Å². The molecule has 4 aromatic carbocycles. The first-order valence-electron chi connectivity index (χ1n) is 12.7. The minimum Gasteiger partial charge on any atom is -0.493 e. The van der Waals surface area contributed by atoms with Crippen LogP contribution in [0, 0.1) is 0 Å². The second-order valence-electron chi connectivity index (χ2n) is 8.96. The van der Waals surface area contributed by atoms with Crippen molar-refractivity contribution >= 4 is 22.1 Å². The molecule has 6 heteroatoms. The maximum absolute atomic E-state index is 6.14. The van der Waals surface area contributed by atoms with Gasteiger partial charge in [0.05, 0.1) is 46.4 Å². The highest BCUT2D eigenvalue weighted by atomic mass is 16.5. The number of benzene rings is 4. The van der Waals surface area contributed by atoms with E-state index in [4.69, 9.17) is 19.4 Å². The third-order valence-electron chi connectivity index (χ3n) is 6.37. The minimum absolute atomic E-state index is 0.646. The summed E-state index contributed by atoms with van der Waals surface area (Å²) in [6, 6.07) is 32.2. The molecule has 0 aliphatic heterocycles. The maximum Gasteiger partial charge on any atom is 0.142 e. The Kier molecular flexibility index (Phi) is 6.54. The van der Waals surface area contributed by atoms with Gasteiger partial charge in [0.25, 0.3) is 0 Å². The zero-order valence-electron chi connectivity index (χ0n) is 20.5. The molecule has 6 rings (SSSR count). The summed E-state index contributed by atoms with van der Waals surface area (Å²) in [7, 11) is 0. The smallest absolute Gasteiger partial charge is 0.142 e. The molecule has 0 amide bonds. The van der Waals surface area contributed by atoms with Crippen molar-refractivity contribution < 1.29 is 9.47 Å². The van der Waals surface area contributed by atoms with Crippen LogP contribution >= 0.6 is 0 Å². The fraction of sp³-hybridized carbons (Fsp3) is 0.161. The third kappa shape index (κ3) is 5.05. The summed E-state index contributed by atoms with van der Waals surface area (Å²) in [5, 5.41) is 0. The Balaban J connectivity index is 1.01. The fourth-order valence-electron chi connectivity index (χ4n) is 4.48. The van der Waals surface area contributed by atoms with E-state index in [1.807, 2.05) is 97.1 Å². The molecule has 6 aromatic rings. The molecule has 0 saturated heterocycles. The van der Waals surface area contributed by atoms with Crippen LogP contribution < -0.4 is 9.47 Å². The number of unbranched alkanes of at least 4 members (excludes halogenated alkanes) is 2. The number of aromatic nitrogens is 4. The monoisotopic (exact) mass is 488 g/mol. The summed E-state index contributed by atoms with van der Waals surface area (Å²) < 4.78 is 12.3.